The zero-order chi connectivity index (χ0) is 12.7. The molecule has 0 bridgehead atoms. The number of rotatable bonds is 6. The Morgan fingerprint density at radius 2 is 2.06 bits per heavy atom. The number of carbonyl (C=O) groups excluding carboxylic acids is 1. The second-order valence-electron chi connectivity index (χ2n) is 3.74. The van der Waals surface area contributed by atoms with Crippen molar-refractivity contribution >= 4 is 21.9 Å². The van der Waals surface area contributed by atoms with Crippen LogP contribution in [0, 0.1) is 0 Å². The molecule has 1 aromatic rings. The summed E-state index contributed by atoms with van der Waals surface area (Å²) in [4.78, 5) is 10.9. The van der Waals surface area contributed by atoms with Gasteiger partial charge in [0.05, 0.1) is 14.2 Å². The van der Waals surface area contributed by atoms with Gasteiger partial charge in [0, 0.05) is 10.9 Å². The average Bonchev–Trinajstić information content (AvgIpc) is 2.36. The highest BCUT2D eigenvalue weighted by Crippen LogP contribution is 2.24. The Kier molecular flexibility index (Phi) is 6.05. The second kappa shape index (κ2) is 7.33. The maximum absolute atomic E-state index is 10.9. The van der Waals surface area contributed by atoms with E-state index < -0.39 is 0 Å². The number of ether oxygens (including phenoxy) is 2. The first-order chi connectivity index (χ1) is 8.17. The van der Waals surface area contributed by atoms with Gasteiger partial charge < -0.3 is 9.47 Å². The molecule has 0 aliphatic heterocycles. The molecule has 1 rings (SSSR count). The van der Waals surface area contributed by atoms with Crippen molar-refractivity contribution in [1.82, 2.24) is 0 Å². The van der Waals surface area contributed by atoms with E-state index in [9.17, 15) is 4.79 Å². The molecule has 0 unspecified atom stereocenters. The molecule has 0 saturated carbocycles. The summed E-state index contributed by atoms with van der Waals surface area (Å²) in [7, 11) is 3.07. The van der Waals surface area contributed by atoms with Crippen LogP contribution in [0.15, 0.2) is 22.7 Å². The van der Waals surface area contributed by atoms with E-state index in [-0.39, 0.29) is 5.97 Å². The zero-order valence-corrected chi connectivity index (χ0v) is 11.7. The third-order valence-electron chi connectivity index (χ3n) is 2.56. The summed E-state index contributed by atoms with van der Waals surface area (Å²) in [6.45, 7) is 0. The minimum atomic E-state index is -0.144. The van der Waals surface area contributed by atoms with E-state index in [4.69, 9.17) is 4.74 Å². The van der Waals surface area contributed by atoms with E-state index in [1.807, 2.05) is 18.2 Å². The maximum atomic E-state index is 10.9. The van der Waals surface area contributed by atoms with E-state index in [1.54, 1.807) is 7.11 Å². The van der Waals surface area contributed by atoms with Gasteiger partial charge in [-0.15, -0.1) is 0 Å². The molecule has 0 N–H and O–H groups in total. The number of esters is 1. The van der Waals surface area contributed by atoms with E-state index >= 15 is 0 Å². The van der Waals surface area contributed by atoms with Crippen LogP contribution in [-0.4, -0.2) is 20.2 Å². The highest BCUT2D eigenvalue weighted by molar-refractivity contribution is 9.10. The van der Waals surface area contributed by atoms with Gasteiger partial charge in [0.1, 0.15) is 5.75 Å². The number of carbonyl (C=O) groups is 1. The van der Waals surface area contributed by atoms with Crippen molar-refractivity contribution in [1.29, 1.82) is 0 Å². The third-order valence-corrected chi connectivity index (χ3v) is 3.33. The third kappa shape index (κ3) is 4.77. The Balaban J connectivity index is 2.43. The Bertz CT molecular complexity index is 377. The first-order valence-electron chi connectivity index (χ1n) is 5.56. The van der Waals surface area contributed by atoms with Crippen molar-refractivity contribution in [3.05, 3.63) is 28.2 Å². The molecule has 0 aromatic heterocycles. The largest absolute Gasteiger partial charge is 0.497 e. The predicted molar refractivity (Wildman–Crippen MR) is 70.3 cm³/mol. The summed E-state index contributed by atoms with van der Waals surface area (Å²) in [6, 6.07) is 5.92. The molecule has 0 heterocycles. The summed E-state index contributed by atoms with van der Waals surface area (Å²) in [5, 5.41) is 0. The van der Waals surface area contributed by atoms with Gasteiger partial charge in [0.25, 0.3) is 0 Å². The SMILES string of the molecule is COC(=O)CCCCc1cc(OC)ccc1Br. The summed E-state index contributed by atoms with van der Waals surface area (Å²) in [5.74, 6) is 0.714. The monoisotopic (exact) mass is 300 g/mol. The van der Waals surface area contributed by atoms with Gasteiger partial charge in [0.15, 0.2) is 0 Å². The summed E-state index contributed by atoms with van der Waals surface area (Å²) < 4.78 is 10.9. The molecule has 0 amide bonds. The fraction of sp³-hybridized carbons (Fsp3) is 0.462. The molecule has 3 nitrogen and oxygen atoms in total. The van der Waals surface area contributed by atoms with Gasteiger partial charge in [-0.05, 0) is 43.0 Å². The lowest BCUT2D eigenvalue weighted by atomic mass is 10.1. The standard InChI is InChI=1S/C13H17BrO3/c1-16-11-7-8-12(14)10(9-11)5-3-4-6-13(15)17-2/h7-9H,3-6H2,1-2H3. The van der Waals surface area contributed by atoms with Gasteiger partial charge in [-0.3, -0.25) is 4.79 Å². The highest BCUT2D eigenvalue weighted by Gasteiger charge is 2.04. The minimum Gasteiger partial charge on any atom is -0.497 e. The summed E-state index contributed by atoms with van der Waals surface area (Å²) in [5.41, 5.74) is 1.20. The molecule has 4 heteroatoms. The number of benzene rings is 1. The van der Waals surface area contributed by atoms with Crippen LogP contribution in [0.5, 0.6) is 5.75 Å². The smallest absolute Gasteiger partial charge is 0.305 e. The van der Waals surface area contributed by atoms with Crippen LogP contribution < -0.4 is 4.74 Å². The van der Waals surface area contributed by atoms with E-state index in [1.165, 1.54) is 12.7 Å². The molecule has 17 heavy (non-hydrogen) atoms. The molecule has 0 fully saturated rings. The van der Waals surface area contributed by atoms with Crippen molar-refractivity contribution in [2.24, 2.45) is 0 Å². The van der Waals surface area contributed by atoms with Gasteiger partial charge in [0.2, 0.25) is 0 Å². The lowest BCUT2D eigenvalue weighted by molar-refractivity contribution is -0.140. The highest BCUT2D eigenvalue weighted by atomic mass is 79.9. The first-order valence-corrected chi connectivity index (χ1v) is 6.36. The fourth-order valence-electron chi connectivity index (χ4n) is 1.56. The van der Waals surface area contributed by atoms with Crippen LogP contribution in [0.1, 0.15) is 24.8 Å². The van der Waals surface area contributed by atoms with Crippen LogP contribution in [0.2, 0.25) is 0 Å². The van der Waals surface area contributed by atoms with Crippen molar-refractivity contribution < 1.29 is 14.3 Å². The number of halogens is 1. The Morgan fingerprint density at radius 3 is 2.71 bits per heavy atom. The number of aryl methyl sites for hydroxylation is 1. The summed E-state index contributed by atoms with van der Waals surface area (Å²) >= 11 is 3.51. The number of unbranched alkanes of at least 4 members (excludes halogenated alkanes) is 1. The second-order valence-corrected chi connectivity index (χ2v) is 4.59. The first kappa shape index (κ1) is 14.0. The van der Waals surface area contributed by atoms with Crippen LogP contribution in [-0.2, 0) is 16.0 Å². The van der Waals surface area contributed by atoms with Crippen molar-refractivity contribution in [3.63, 3.8) is 0 Å². The molecule has 94 valence electrons. The van der Waals surface area contributed by atoms with Crippen LogP contribution >= 0.6 is 15.9 Å². The van der Waals surface area contributed by atoms with Gasteiger partial charge in [-0.2, -0.15) is 0 Å². The van der Waals surface area contributed by atoms with Gasteiger partial charge in [-0.25, -0.2) is 0 Å². The Labute approximate surface area is 110 Å². The zero-order valence-electron chi connectivity index (χ0n) is 10.2. The number of hydrogen-bond acceptors (Lipinski definition) is 3. The molecular formula is C13H17BrO3. The van der Waals surface area contributed by atoms with Crippen molar-refractivity contribution in [2.75, 3.05) is 14.2 Å². The minimum absolute atomic E-state index is 0.144. The molecular weight excluding hydrogens is 284 g/mol. The average molecular weight is 301 g/mol. The molecule has 0 radical (unpaired) electrons. The van der Waals surface area contributed by atoms with Crippen LogP contribution in [0.3, 0.4) is 0 Å². The topological polar surface area (TPSA) is 35.5 Å². The van der Waals surface area contributed by atoms with Gasteiger partial charge >= 0.3 is 5.97 Å². The maximum Gasteiger partial charge on any atom is 0.305 e. The number of hydrogen-bond donors (Lipinski definition) is 0. The Hall–Kier alpha value is -1.03. The lowest BCUT2D eigenvalue weighted by Crippen LogP contribution is -2.00. The lowest BCUT2D eigenvalue weighted by Gasteiger charge is -2.07. The molecule has 0 aliphatic carbocycles. The van der Waals surface area contributed by atoms with Gasteiger partial charge in [-0.1, -0.05) is 15.9 Å². The Morgan fingerprint density at radius 1 is 1.29 bits per heavy atom. The van der Waals surface area contributed by atoms with E-state index in [2.05, 4.69) is 20.7 Å². The van der Waals surface area contributed by atoms with Crippen LogP contribution in [0.25, 0.3) is 0 Å². The van der Waals surface area contributed by atoms with Crippen molar-refractivity contribution in [3.8, 4) is 5.75 Å². The van der Waals surface area contributed by atoms with E-state index in [0.717, 1.165) is 29.5 Å². The molecule has 0 spiro atoms. The normalized spacial score (nSPS) is 10.1. The summed E-state index contributed by atoms with van der Waals surface area (Å²) in [6.07, 6.45) is 3.21. The molecule has 1 aromatic carbocycles. The fourth-order valence-corrected chi connectivity index (χ4v) is 2.00. The molecule has 0 atom stereocenters. The quantitative estimate of drug-likeness (QED) is 0.597. The predicted octanol–water partition coefficient (Wildman–Crippen LogP) is 3.34. The molecule has 0 aliphatic rings. The van der Waals surface area contributed by atoms with Crippen LogP contribution in [0.4, 0.5) is 0 Å². The van der Waals surface area contributed by atoms with Crippen molar-refractivity contribution in [2.45, 2.75) is 25.7 Å². The van der Waals surface area contributed by atoms with E-state index in [0.29, 0.717) is 6.42 Å². The molecule has 0 saturated heterocycles. The number of methoxy groups -OCH3 is 2.